The third kappa shape index (κ3) is 4.42. The van der Waals surface area contributed by atoms with Crippen LogP contribution in [-0.2, 0) is 0 Å². The van der Waals surface area contributed by atoms with Gasteiger partial charge in [-0.05, 0) is 29.8 Å². The van der Waals surface area contributed by atoms with Gasteiger partial charge < -0.3 is 19.4 Å². The molecule has 110 valence electrons. The molecule has 0 heterocycles. The van der Waals surface area contributed by atoms with E-state index in [4.69, 9.17) is 19.4 Å². The summed E-state index contributed by atoms with van der Waals surface area (Å²) < 4.78 is 16.4. The molecule has 0 radical (unpaired) electrons. The Morgan fingerprint density at radius 3 is 2.52 bits per heavy atom. The second-order valence-corrected chi connectivity index (χ2v) is 4.16. The van der Waals surface area contributed by atoms with E-state index in [1.807, 2.05) is 42.5 Å². The number of ether oxygens (including phenoxy) is 3. The minimum absolute atomic E-state index is 0.401. The van der Waals surface area contributed by atoms with E-state index in [9.17, 15) is 0 Å². The maximum absolute atomic E-state index is 8.50. The maximum Gasteiger partial charge on any atom is 0.161 e. The van der Waals surface area contributed by atoms with Gasteiger partial charge in [0.15, 0.2) is 11.5 Å². The third-order valence-corrected chi connectivity index (χ3v) is 2.74. The molecule has 2 aromatic carbocycles. The van der Waals surface area contributed by atoms with Crippen molar-refractivity contribution in [1.82, 2.24) is 0 Å². The number of methoxy groups -OCH3 is 1. The predicted molar refractivity (Wildman–Crippen MR) is 79.8 cm³/mol. The molecule has 2 aromatic rings. The lowest BCUT2D eigenvalue weighted by Gasteiger charge is -2.11. The predicted octanol–water partition coefficient (Wildman–Crippen LogP) is 2.96. The Balaban J connectivity index is 1.83. The monoisotopic (exact) mass is 287 g/mol. The molecule has 0 aliphatic carbocycles. The van der Waals surface area contributed by atoms with Crippen molar-refractivity contribution in [3.05, 3.63) is 54.1 Å². The first-order valence-electron chi connectivity index (χ1n) is 6.49. The van der Waals surface area contributed by atoms with Crippen molar-refractivity contribution in [3.8, 4) is 17.2 Å². The molecule has 0 aliphatic heterocycles. The molecule has 0 aromatic heterocycles. The summed E-state index contributed by atoms with van der Waals surface area (Å²) in [6.45, 7) is 0.802. The average Bonchev–Trinajstić information content (AvgIpc) is 2.53. The second kappa shape index (κ2) is 7.79. The van der Waals surface area contributed by atoms with Gasteiger partial charge in [-0.3, -0.25) is 0 Å². The summed E-state index contributed by atoms with van der Waals surface area (Å²) in [4.78, 5) is 0. The van der Waals surface area contributed by atoms with Gasteiger partial charge in [-0.15, -0.1) is 0 Å². The smallest absolute Gasteiger partial charge is 0.161 e. The van der Waals surface area contributed by atoms with Crippen LogP contribution in [0.15, 0.2) is 53.7 Å². The van der Waals surface area contributed by atoms with Crippen molar-refractivity contribution in [3.63, 3.8) is 0 Å². The Labute approximate surface area is 123 Å². The molecule has 1 N–H and O–H groups in total. The lowest BCUT2D eigenvalue weighted by molar-refractivity contribution is 0.211. The number of nitrogens with zero attached hydrogens (tertiary/aromatic N) is 1. The van der Waals surface area contributed by atoms with Crippen LogP contribution in [0.4, 0.5) is 0 Å². The Hall–Kier alpha value is -2.69. The van der Waals surface area contributed by atoms with Gasteiger partial charge in [-0.25, -0.2) is 0 Å². The van der Waals surface area contributed by atoms with Gasteiger partial charge >= 0.3 is 0 Å². The summed E-state index contributed by atoms with van der Waals surface area (Å²) in [5.41, 5.74) is 0.764. The summed E-state index contributed by atoms with van der Waals surface area (Å²) in [7, 11) is 1.60. The average molecular weight is 287 g/mol. The van der Waals surface area contributed by atoms with E-state index < -0.39 is 0 Å². The topological polar surface area (TPSA) is 60.3 Å². The van der Waals surface area contributed by atoms with E-state index >= 15 is 0 Å². The summed E-state index contributed by atoms with van der Waals surface area (Å²) in [5.74, 6) is 2.07. The molecule has 0 aliphatic rings. The summed E-state index contributed by atoms with van der Waals surface area (Å²) in [6.07, 6.45) is 1.35. The minimum atomic E-state index is 0.401. The van der Waals surface area contributed by atoms with Gasteiger partial charge in [0.05, 0.1) is 13.3 Å². The van der Waals surface area contributed by atoms with Gasteiger partial charge in [-0.2, -0.15) is 0 Å². The molecular formula is C16H17NO4. The molecule has 0 spiro atoms. The minimum Gasteiger partial charge on any atom is -0.493 e. The van der Waals surface area contributed by atoms with Crippen molar-refractivity contribution < 1.29 is 19.4 Å². The summed E-state index contributed by atoms with van der Waals surface area (Å²) in [6, 6.07) is 14.7. The highest BCUT2D eigenvalue weighted by Gasteiger charge is 2.02. The zero-order chi connectivity index (χ0) is 14.9. The van der Waals surface area contributed by atoms with Gasteiger partial charge in [-0.1, -0.05) is 29.4 Å². The summed E-state index contributed by atoms with van der Waals surface area (Å²) in [5, 5.41) is 11.5. The van der Waals surface area contributed by atoms with E-state index in [1.165, 1.54) is 6.21 Å². The number of oxime groups is 1. The van der Waals surface area contributed by atoms with Crippen LogP contribution in [-0.4, -0.2) is 31.7 Å². The van der Waals surface area contributed by atoms with Crippen molar-refractivity contribution in [2.24, 2.45) is 5.16 Å². The van der Waals surface area contributed by atoms with E-state index in [-0.39, 0.29) is 0 Å². The standard InChI is InChI=1S/C16H17NO4/c1-19-15-7-2-3-8-16(15)21-10-9-20-14-6-4-5-13(11-14)12-17-18/h2-8,11-12,18H,9-10H2,1H3. The quantitative estimate of drug-likeness (QED) is 0.368. The van der Waals surface area contributed by atoms with Crippen LogP contribution < -0.4 is 14.2 Å². The SMILES string of the molecule is COc1ccccc1OCCOc1cccc(C=NO)c1. The lowest BCUT2D eigenvalue weighted by atomic mass is 10.2. The van der Waals surface area contributed by atoms with Crippen LogP contribution in [0.1, 0.15) is 5.56 Å². The number of hydrogen-bond acceptors (Lipinski definition) is 5. The molecular weight excluding hydrogens is 270 g/mol. The molecule has 0 bridgehead atoms. The van der Waals surface area contributed by atoms with Crippen LogP contribution in [0.2, 0.25) is 0 Å². The first kappa shape index (κ1) is 14.7. The lowest BCUT2D eigenvalue weighted by Crippen LogP contribution is -2.09. The van der Waals surface area contributed by atoms with Crippen LogP contribution in [0, 0.1) is 0 Å². The van der Waals surface area contributed by atoms with Crippen molar-refractivity contribution in [2.45, 2.75) is 0 Å². The number of para-hydroxylation sites is 2. The Bertz CT molecular complexity index is 598. The fourth-order valence-corrected chi connectivity index (χ4v) is 1.80. The second-order valence-electron chi connectivity index (χ2n) is 4.16. The number of benzene rings is 2. The highest BCUT2D eigenvalue weighted by Crippen LogP contribution is 2.25. The maximum atomic E-state index is 8.50. The molecule has 0 amide bonds. The number of rotatable bonds is 7. The van der Waals surface area contributed by atoms with Gasteiger partial charge in [0.25, 0.3) is 0 Å². The van der Waals surface area contributed by atoms with E-state index in [1.54, 1.807) is 13.2 Å². The van der Waals surface area contributed by atoms with E-state index in [0.29, 0.717) is 30.5 Å². The van der Waals surface area contributed by atoms with Crippen molar-refractivity contribution in [2.75, 3.05) is 20.3 Å². The van der Waals surface area contributed by atoms with Crippen molar-refractivity contribution in [1.29, 1.82) is 0 Å². The van der Waals surface area contributed by atoms with E-state index in [2.05, 4.69) is 5.16 Å². The molecule has 0 saturated heterocycles. The van der Waals surface area contributed by atoms with Crippen LogP contribution in [0.25, 0.3) is 0 Å². The molecule has 0 atom stereocenters. The molecule has 0 unspecified atom stereocenters. The fourth-order valence-electron chi connectivity index (χ4n) is 1.80. The zero-order valence-corrected chi connectivity index (χ0v) is 11.7. The first-order valence-corrected chi connectivity index (χ1v) is 6.49. The molecule has 5 nitrogen and oxygen atoms in total. The molecule has 0 saturated carbocycles. The Kier molecular flexibility index (Phi) is 5.46. The number of hydrogen-bond donors (Lipinski definition) is 1. The van der Waals surface area contributed by atoms with Crippen molar-refractivity contribution >= 4 is 6.21 Å². The van der Waals surface area contributed by atoms with Gasteiger partial charge in [0, 0.05) is 0 Å². The normalized spacial score (nSPS) is 10.5. The Morgan fingerprint density at radius 2 is 1.76 bits per heavy atom. The molecule has 2 rings (SSSR count). The highest BCUT2D eigenvalue weighted by atomic mass is 16.5. The zero-order valence-electron chi connectivity index (χ0n) is 11.7. The van der Waals surface area contributed by atoms with Gasteiger partial charge in [0.1, 0.15) is 19.0 Å². The van der Waals surface area contributed by atoms with Crippen LogP contribution in [0.3, 0.4) is 0 Å². The fraction of sp³-hybridized carbons (Fsp3) is 0.188. The largest absolute Gasteiger partial charge is 0.493 e. The highest BCUT2D eigenvalue weighted by molar-refractivity contribution is 5.79. The van der Waals surface area contributed by atoms with Crippen LogP contribution >= 0.6 is 0 Å². The van der Waals surface area contributed by atoms with Crippen LogP contribution in [0.5, 0.6) is 17.2 Å². The first-order chi connectivity index (χ1) is 10.3. The van der Waals surface area contributed by atoms with Gasteiger partial charge in [0.2, 0.25) is 0 Å². The van der Waals surface area contributed by atoms with E-state index in [0.717, 1.165) is 5.56 Å². The molecule has 0 fully saturated rings. The summed E-state index contributed by atoms with van der Waals surface area (Å²) >= 11 is 0. The molecule has 21 heavy (non-hydrogen) atoms. The Morgan fingerprint density at radius 1 is 1.00 bits per heavy atom. The molecule has 5 heteroatoms. The third-order valence-electron chi connectivity index (χ3n) is 2.74.